The van der Waals surface area contributed by atoms with E-state index >= 15 is 0 Å². The van der Waals surface area contributed by atoms with Gasteiger partial charge >= 0.3 is 0 Å². The molecule has 0 radical (unpaired) electrons. The first-order chi connectivity index (χ1) is 9.10. The summed E-state index contributed by atoms with van der Waals surface area (Å²) in [6, 6.07) is 2.02. The molecule has 0 saturated carbocycles. The average molecular weight is 328 g/mol. The van der Waals surface area contributed by atoms with E-state index in [-0.39, 0.29) is 0 Å². The van der Waals surface area contributed by atoms with E-state index in [9.17, 15) is 0 Å². The van der Waals surface area contributed by atoms with Gasteiger partial charge in [-0.2, -0.15) is 0 Å². The Morgan fingerprint density at radius 2 is 2.05 bits per heavy atom. The standard InChI is InChI=1S/C14H22BrN3O/c1-10(2)14-16-12(15)8-13(17-14)18-6-4-11(5-7-18)9-19-3/h8,10-11H,4-7,9H2,1-3H3. The van der Waals surface area contributed by atoms with Crippen LogP contribution in [0.15, 0.2) is 10.7 Å². The smallest absolute Gasteiger partial charge is 0.134 e. The molecule has 0 spiro atoms. The van der Waals surface area contributed by atoms with Gasteiger partial charge in [0, 0.05) is 38.8 Å². The van der Waals surface area contributed by atoms with Crippen LogP contribution < -0.4 is 4.90 Å². The lowest BCUT2D eigenvalue weighted by atomic mass is 9.98. The van der Waals surface area contributed by atoms with Crippen molar-refractivity contribution >= 4 is 21.7 Å². The van der Waals surface area contributed by atoms with Gasteiger partial charge in [-0.15, -0.1) is 0 Å². The molecule has 2 heterocycles. The number of ether oxygens (including phenoxy) is 1. The van der Waals surface area contributed by atoms with Gasteiger partial charge in [0.05, 0.1) is 0 Å². The van der Waals surface area contributed by atoms with E-state index in [0.717, 1.165) is 35.9 Å². The third kappa shape index (κ3) is 3.89. The summed E-state index contributed by atoms with van der Waals surface area (Å²) in [5.74, 6) is 2.99. The quantitative estimate of drug-likeness (QED) is 0.796. The van der Waals surface area contributed by atoms with Gasteiger partial charge in [-0.05, 0) is 34.7 Å². The number of hydrogen-bond donors (Lipinski definition) is 0. The zero-order chi connectivity index (χ0) is 13.8. The molecule has 19 heavy (non-hydrogen) atoms. The van der Waals surface area contributed by atoms with Crippen LogP contribution in [-0.4, -0.2) is 36.8 Å². The number of rotatable bonds is 4. The molecule has 0 N–H and O–H groups in total. The number of methoxy groups -OCH3 is 1. The van der Waals surface area contributed by atoms with Crippen molar-refractivity contribution in [2.45, 2.75) is 32.6 Å². The van der Waals surface area contributed by atoms with Gasteiger partial charge in [0.25, 0.3) is 0 Å². The fourth-order valence-electron chi connectivity index (χ4n) is 2.41. The minimum atomic E-state index is 0.349. The van der Waals surface area contributed by atoms with E-state index in [1.807, 2.05) is 6.07 Å². The van der Waals surface area contributed by atoms with Crippen molar-refractivity contribution in [2.75, 3.05) is 31.7 Å². The van der Waals surface area contributed by atoms with Crippen molar-refractivity contribution in [1.29, 1.82) is 0 Å². The summed E-state index contributed by atoms with van der Waals surface area (Å²) < 4.78 is 6.12. The summed E-state index contributed by atoms with van der Waals surface area (Å²) in [6.07, 6.45) is 2.35. The molecule has 0 aliphatic carbocycles. The van der Waals surface area contributed by atoms with Crippen molar-refractivity contribution in [3.63, 3.8) is 0 Å². The monoisotopic (exact) mass is 327 g/mol. The van der Waals surface area contributed by atoms with E-state index < -0.39 is 0 Å². The van der Waals surface area contributed by atoms with Crippen LogP contribution in [0.3, 0.4) is 0 Å². The maximum Gasteiger partial charge on any atom is 0.134 e. The van der Waals surface area contributed by atoms with Crippen LogP contribution in [0.4, 0.5) is 5.82 Å². The van der Waals surface area contributed by atoms with E-state index in [1.165, 1.54) is 12.8 Å². The number of hydrogen-bond acceptors (Lipinski definition) is 4. The predicted molar refractivity (Wildman–Crippen MR) is 80.6 cm³/mol. The highest BCUT2D eigenvalue weighted by atomic mass is 79.9. The summed E-state index contributed by atoms with van der Waals surface area (Å²) in [5, 5.41) is 0. The molecule has 0 amide bonds. The maximum absolute atomic E-state index is 5.24. The highest BCUT2D eigenvalue weighted by Gasteiger charge is 2.21. The van der Waals surface area contributed by atoms with Gasteiger partial charge in [-0.3, -0.25) is 0 Å². The second-order valence-electron chi connectivity index (χ2n) is 5.45. The van der Waals surface area contributed by atoms with Crippen LogP contribution in [0.25, 0.3) is 0 Å². The summed E-state index contributed by atoms with van der Waals surface area (Å²) in [4.78, 5) is 11.5. The highest BCUT2D eigenvalue weighted by molar-refractivity contribution is 9.10. The van der Waals surface area contributed by atoms with E-state index in [0.29, 0.717) is 11.8 Å². The predicted octanol–water partition coefficient (Wildman–Crippen LogP) is 3.23. The van der Waals surface area contributed by atoms with E-state index in [2.05, 4.69) is 44.6 Å². The Bertz CT molecular complexity index is 417. The molecule has 1 aromatic rings. The van der Waals surface area contributed by atoms with Crippen molar-refractivity contribution < 1.29 is 4.74 Å². The molecule has 1 saturated heterocycles. The molecule has 1 aromatic heterocycles. The van der Waals surface area contributed by atoms with Crippen LogP contribution in [0.1, 0.15) is 38.4 Å². The summed E-state index contributed by atoms with van der Waals surface area (Å²) >= 11 is 3.49. The molecule has 0 atom stereocenters. The second-order valence-corrected chi connectivity index (χ2v) is 6.26. The highest BCUT2D eigenvalue weighted by Crippen LogP contribution is 2.25. The lowest BCUT2D eigenvalue weighted by Crippen LogP contribution is -2.35. The van der Waals surface area contributed by atoms with Crippen molar-refractivity contribution in [2.24, 2.45) is 5.92 Å². The Balaban J connectivity index is 2.06. The van der Waals surface area contributed by atoms with Gasteiger partial charge < -0.3 is 9.64 Å². The Kier molecular flexibility index (Phi) is 5.16. The molecule has 106 valence electrons. The summed E-state index contributed by atoms with van der Waals surface area (Å²) in [7, 11) is 1.78. The number of piperidine rings is 1. The zero-order valence-corrected chi connectivity index (χ0v) is 13.5. The van der Waals surface area contributed by atoms with Crippen LogP contribution >= 0.6 is 15.9 Å². The van der Waals surface area contributed by atoms with Crippen LogP contribution in [-0.2, 0) is 4.74 Å². The first-order valence-corrected chi connectivity index (χ1v) is 7.67. The molecule has 1 fully saturated rings. The minimum absolute atomic E-state index is 0.349. The van der Waals surface area contributed by atoms with Crippen LogP contribution in [0, 0.1) is 5.92 Å². The Morgan fingerprint density at radius 3 is 2.63 bits per heavy atom. The molecular weight excluding hydrogens is 306 g/mol. The summed E-state index contributed by atoms with van der Waals surface area (Å²) in [5.41, 5.74) is 0. The first-order valence-electron chi connectivity index (χ1n) is 6.88. The second kappa shape index (κ2) is 6.66. The third-order valence-electron chi connectivity index (χ3n) is 3.56. The molecule has 1 aliphatic rings. The molecule has 4 nitrogen and oxygen atoms in total. The fraction of sp³-hybridized carbons (Fsp3) is 0.714. The maximum atomic E-state index is 5.24. The van der Waals surface area contributed by atoms with Crippen molar-refractivity contribution in [1.82, 2.24) is 9.97 Å². The SMILES string of the molecule is COCC1CCN(c2cc(Br)nc(C(C)C)n2)CC1. The molecule has 0 unspecified atom stereocenters. The topological polar surface area (TPSA) is 38.2 Å². The third-order valence-corrected chi connectivity index (χ3v) is 3.96. The zero-order valence-electron chi connectivity index (χ0n) is 11.9. The van der Waals surface area contributed by atoms with Gasteiger partial charge in [0.2, 0.25) is 0 Å². The summed E-state index contributed by atoms with van der Waals surface area (Å²) in [6.45, 7) is 7.22. The minimum Gasteiger partial charge on any atom is -0.384 e. The number of anilines is 1. The lowest BCUT2D eigenvalue weighted by Gasteiger charge is -2.32. The molecule has 2 rings (SSSR count). The molecular formula is C14H22BrN3O. The van der Waals surface area contributed by atoms with Crippen LogP contribution in [0.2, 0.25) is 0 Å². The normalized spacial score (nSPS) is 17.2. The fourth-order valence-corrected chi connectivity index (χ4v) is 2.79. The first kappa shape index (κ1) is 14.7. The van der Waals surface area contributed by atoms with Gasteiger partial charge in [-0.25, -0.2) is 9.97 Å². The molecule has 0 bridgehead atoms. The van der Waals surface area contributed by atoms with Crippen molar-refractivity contribution in [3.05, 3.63) is 16.5 Å². The largest absolute Gasteiger partial charge is 0.384 e. The molecule has 1 aliphatic heterocycles. The van der Waals surface area contributed by atoms with Crippen LogP contribution in [0.5, 0.6) is 0 Å². The van der Waals surface area contributed by atoms with Gasteiger partial charge in [0.15, 0.2) is 0 Å². The number of aromatic nitrogens is 2. The number of halogens is 1. The van der Waals surface area contributed by atoms with E-state index in [1.54, 1.807) is 7.11 Å². The molecule has 5 heteroatoms. The number of nitrogens with zero attached hydrogens (tertiary/aromatic N) is 3. The average Bonchev–Trinajstić information content (AvgIpc) is 2.39. The van der Waals surface area contributed by atoms with Gasteiger partial charge in [0.1, 0.15) is 16.2 Å². The lowest BCUT2D eigenvalue weighted by molar-refractivity contribution is 0.139. The Labute approximate surface area is 123 Å². The Morgan fingerprint density at radius 1 is 1.37 bits per heavy atom. The van der Waals surface area contributed by atoms with Gasteiger partial charge in [-0.1, -0.05) is 13.8 Å². The Hall–Kier alpha value is -0.680. The van der Waals surface area contributed by atoms with E-state index in [4.69, 9.17) is 4.74 Å². The molecule has 0 aromatic carbocycles. The van der Waals surface area contributed by atoms with Crippen molar-refractivity contribution in [3.8, 4) is 0 Å².